The molecule has 0 heterocycles. The van der Waals surface area contributed by atoms with E-state index in [1.54, 1.807) is 20.2 Å². The van der Waals surface area contributed by atoms with Gasteiger partial charge in [0.15, 0.2) is 0 Å². The minimum atomic E-state index is -3.37. The van der Waals surface area contributed by atoms with Gasteiger partial charge in [0.25, 0.3) is 0 Å². The van der Waals surface area contributed by atoms with Crippen LogP contribution >= 0.6 is 0 Å². The van der Waals surface area contributed by atoms with Crippen molar-refractivity contribution in [3.8, 4) is 0 Å². The highest BCUT2D eigenvalue weighted by Gasteiger charge is 2.20. The Balaban J connectivity index is 3.17. The molecule has 0 saturated heterocycles. The smallest absolute Gasteiger partial charge is 0.242 e. The molecule has 0 saturated carbocycles. The van der Waals surface area contributed by atoms with E-state index in [2.05, 4.69) is 12.2 Å². The monoisotopic (exact) mass is 284 g/mol. The van der Waals surface area contributed by atoms with Gasteiger partial charge in [0.1, 0.15) is 0 Å². The van der Waals surface area contributed by atoms with Crippen LogP contribution in [0.15, 0.2) is 17.0 Å². The van der Waals surface area contributed by atoms with Crippen molar-refractivity contribution in [3.63, 3.8) is 0 Å². The zero-order valence-corrected chi connectivity index (χ0v) is 13.3. The Morgan fingerprint density at radius 2 is 1.79 bits per heavy atom. The third kappa shape index (κ3) is 3.78. The van der Waals surface area contributed by atoms with Crippen LogP contribution in [0.1, 0.15) is 30.0 Å². The molecule has 108 valence electrons. The molecular weight excluding hydrogens is 260 g/mol. The largest absolute Gasteiger partial charge is 0.313 e. The second kappa shape index (κ2) is 6.50. The van der Waals surface area contributed by atoms with Gasteiger partial charge in [0, 0.05) is 20.6 Å². The predicted octanol–water partition coefficient (Wildman–Crippen LogP) is 2.05. The molecule has 0 radical (unpaired) electrons. The van der Waals surface area contributed by atoms with E-state index in [4.69, 9.17) is 0 Å². The van der Waals surface area contributed by atoms with Crippen LogP contribution in [0.2, 0.25) is 0 Å². The molecule has 1 aromatic carbocycles. The van der Waals surface area contributed by atoms with Crippen molar-refractivity contribution in [1.29, 1.82) is 0 Å². The van der Waals surface area contributed by atoms with Crippen LogP contribution < -0.4 is 5.32 Å². The Kier molecular flexibility index (Phi) is 5.52. The lowest BCUT2D eigenvalue weighted by molar-refractivity contribution is 0.520. The molecule has 5 heteroatoms. The summed E-state index contributed by atoms with van der Waals surface area (Å²) in [5.74, 6) is 0. The maximum atomic E-state index is 12.3. The maximum absolute atomic E-state index is 12.3. The molecule has 19 heavy (non-hydrogen) atoms. The average molecular weight is 284 g/mol. The number of hydrogen-bond acceptors (Lipinski definition) is 3. The van der Waals surface area contributed by atoms with Gasteiger partial charge in [-0.3, -0.25) is 0 Å². The predicted molar refractivity (Wildman–Crippen MR) is 78.8 cm³/mol. The molecular formula is C14H24N2O2S. The molecule has 1 rings (SSSR count). The van der Waals surface area contributed by atoms with Crippen molar-refractivity contribution < 1.29 is 8.42 Å². The van der Waals surface area contributed by atoms with Gasteiger partial charge in [0.2, 0.25) is 10.0 Å². The molecule has 1 N–H and O–H groups in total. The summed E-state index contributed by atoms with van der Waals surface area (Å²) < 4.78 is 25.8. The summed E-state index contributed by atoms with van der Waals surface area (Å²) >= 11 is 0. The lowest BCUT2D eigenvalue weighted by atomic mass is 10.1. The average Bonchev–Trinajstić information content (AvgIpc) is 2.31. The van der Waals surface area contributed by atoms with E-state index < -0.39 is 10.0 Å². The number of nitrogens with one attached hydrogen (secondary N) is 1. The molecule has 0 aliphatic heterocycles. The van der Waals surface area contributed by atoms with Crippen molar-refractivity contribution in [2.45, 2.75) is 38.6 Å². The van der Waals surface area contributed by atoms with E-state index in [9.17, 15) is 8.42 Å². The zero-order chi connectivity index (χ0) is 14.6. The van der Waals surface area contributed by atoms with Crippen molar-refractivity contribution >= 4 is 10.0 Å². The molecule has 0 atom stereocenters. The first kappa shape index (κ1) is 16.1. The molecule has 0 unspecified atom stereocenters. The summed E-state index contributed by atoms with van der Waals surface area (Å²) in [5, 5.41) is 3.31. The number of benzene rings is 1. The van der Waals surface area contributed by atoms with Crippen LogP contribution in [0.5, 0.6) is 0 Å². The first-order valence-corrected chi connectivity index (χ1v) is 7.98. The Hall–Kier alpha value is -0.910. The molecule has 0 spiro atoms. The van der Waals surface area contributed by atoms with Crippen LogP contribution in [0, 0.1) is 13.8 Å². The summed E-state index contributed by atoms with van der Waals surface area (Å²) in [6.45, 7) is 7.60. The van der Waals surface area contributed by atoms with E-state index >= 15 is 0 Å². The fourth-order valence-corrected chi connectivity index (χ4v) is 3.09. The molecule has 0 aromatic heterocycles. The fourth-order valence-electron chi connectivity index (χ4n) is 1.94. The molecule has 4 nitrogen and oxygen atoms in total. The maximum Gasteiger partial charge on any atom is 0.242 e. The third-order valence-electron chi connectivity index (χ3n) is 3.13. The normalized spacial score (nSPS) is 12.1. The second-order valence-corrected chi connectivity index (χ2v) is 7.13. The van der Waals surface area contributed by atoms with E-state index in [0.29, 0.717) is 11.4 Å². The molecule has 0 fully saturated rings. The van der Waals surface area contributed by atoms with Crippen LogP contribution in [-0.4, -0.2) is 33.4 Å². The summed E-state index contributed by atoms with van der Waals surface area (Å²) in [5.41, 5.74) is 2.96. The standard InChI is InChI=1S/C14H24N2O2S/c1-6-7-15-10-13-9-14(12(3)8-11(13)2)19(17,18)16(4)5/h8-9,15H,6-7,10H2,1-5H3. The lowest BCUT2D eigenvalue weighted by Crippen LogP contribution is -2.24. The number of nitrogens with zero attached hydrogens (tertiary/aromatic N) is 1. The third-order valence-corrected chi connectivity index (χ3v) is 5.09. The second-order valence-electron chi connectivity index (χ2n) is 5.01. The minimum Gasteiger partial charge on any atom is -0.313 e. The van der Waals surface area contributed by atoms with Crippen LogP contribution in [-0.2, 0) is 16.6 Å². The first-order chi connectivity index (χ1) is 8.80. The summed E-state index contributed by atoms with van der Waals surface area (Å²) in [6.07, 6.45) is 1.06. The Morgan fingerprint density at radius 1 is 1.16 bits per heavy atom. The van der Waals surface area contributed by atoms with E-state index in [1.807, 2.05) is 19.9 Å². The van der Waals surface area contributed by atoms with Crippen molar-refractivity contribution in [3.05, 3.63) is 28.8 Å². The van der Waals surface area contributed by atoms with Gasteiger partial charge < -0.3 is 5.32 Å². The highest BCUT2D eigenvalue weighted by Crippen LogP contribution is 2.22. The van der Waals surface area contributed by atoms with Gasteiger partial charge in [-0.2, -0.15) is 0 Å². The number of sulfonamides is 1. The summed E-state index contributed by atoms with van der Waals surface area (Å²) in [6, 6.07) is 3.74. The van der Waals surface area contributed by atoms with Crippen molar-refractivity contribution in [1.82, 2.24) is 9.62 Å². The highest BCUT2D eigenvalue weighted by atomic mass is 32.2. The Labute approximate surface area is 116 Å². The van der Waals surface area contributed by atoms with Gasteiger partial charge in [-0.15, -0.1) is 0 Å². The van der Waals surface area contributed by atoms with Crippen LogP contribution in [0.4, 0.5) is 0 Å². The van der Waals surface area contributed by atoms with Gasteiger partial charge in [0.05, 0.1) is 4.90 Å². The van der Waals surface area contributed by atoms with Gasteiger partial charge in [-0.05, 0) is 49.6 Å². The molecule has 0 bridgehead atoms. The van der Waals surface area contributed by atoms with Gasteiger partial charge in [-0.1, -0.05) is 13.0 Å². The molecule has 0 aliphatic carbocycles. The molecule has 0 aliphatic rings. The van der Waals surface area contributed by atoms with Crippen LogP contribution in [0.3, 0.4) is 0 Å². The quantitative estimate of drug-likeness (QED) is 0.813. The van der Waals surface area contributed by atoms with E-state index in [1.165, 1.54) is 4.31 Å². The number of hydrogen-bond donors (Lipinski definition) is 1. The zero-order valence-electron chi connectivity index (χ0n) is 12.4. The SMILES string of the molecule is CCCNCc1cc(S(=O)(=O)N(C)C)c(C)cc1C. The lowest BCUT2D eigenvalue weighted by Gasteiger charge is -2.16. The highest BCUT2D eigenvalue weighted by molar-refractivity contribution is 7.89. The van der Waals surface area contributed by atoms with Gasteiger partial charge in [-0.25, -0.2) is 12.7 Å². The fraction of sp³-hybridized carbons (Fsp3) is 0.571. The van der Waals surface area contributed by atoms with E-state index in [-0.39, 0.29) is 0 Å². The number of aryl methyl sites for hydroxylation is 2. The van der Waals surface area contributed by atoms with E-state index in [0.717, 1.165) is 29.7 Å². The van der Waals surface area contributed by atoms with Crippen LogP contribution in [0.25, 0.3) is 0 Å². The molecule has 1 aromatic rings. The summed E-state index contributed by atoms with van der Waals surface area (Å²) in [7, 11) is -0.254. The Bertz CT molecular complexity index is 537. The van der Waals surface area contributed by atoms with Crippen molar-refractivity contribution in [2.75, 3.05) is 20.6 Å². The minimum absolute atomic E-state index is 0.399. The molecule has 0 amide bonds. The number of rotatable bonds is 6. The Morgan fingerprint density at radius 3 is 2.32 bits per heavy atom. The van der Waals surface area contributed by atoms with Gasteiger partial charge >= 0.3 is 0 Å². The van der Waals surface area contributed by atoms with Crippen molar-refractivity contribution in [2.24, 2.45) is 0 Å². The topological polar surface area (TPSA) is 49.4 Å². The first-order valence-electron chi connectivity index (χ1n) is 6.54. The summed E-state index contributed by atoms with van der Waals surface area (Å²) in [4.78, 5) is 0.399.